The molecule has 0 aliphatic carbocycles. The molecule has 0 bridgehead atoms. The number of nitrogens with one attached hydrogen (secondary N) is 3. The van der Waals surface area contributed by atoms with Crippen LogP contribution < -0.4 is 16.3 Å². The van der Waals surface area contributed by atoms with Crippen LogP contribution in [0.3, 0.4) is 0 Å². The van der Waals surface area contributed by atoms with E-state index in [2.05, 4.69) is 30.6 Å². The van der Waals surface area contributed by atoms with E-state index in [-0.39, 0.29) is 23.7 Å². The summed E-state index contributed by atoms with van der Waals surface area (Å²) in [6.07, 6.45) is 1.30. The number of rotatable bonds is 5. The van der Waals surface area contributed by atoms with Crippen LogP contribution in [0.5, 0.6) is 0 Å². The van der Waals surface area contributed by atoms with Gasteiger partial charge in [-0.2, -0.15) is 4.98 Å². The standard InChI is InChI=1S/C21H19N7O4/c29-20-26-16-3-1-2-4-17(16)28(20)19-23-12-22-18(27-19)24-13-5-7-14(8-6-13)25-21(30)32-15-9-10-31-11-15/h1-8,12,15H,9-11H2,(H,25,30)(H,26,29)(H,22,23,24,27). The van der Waals surface area contributed by atoms with Gasteiger partial charge >= 0.3 is 11.8 Å². The third-order valence-electron chi connectivity index (χ3n) is 4.90. The third-order valence-corrected chi connectivity index (χ3v) is 4.90. The maximum atomic E-state index is 12.4. The van der Waals surface area contributed by atoms with Gasteiger partial charge in [-0.1, -0.05) is 12.1 Å². The van der Waals surface area contributed by atoms with Crippen LogP contribution in [0, 0.1) is 0 Å². The fourth-order valence-corrected chi connectivity index (χ4v) is 3.38. The number of fused-ring (bicyclic) bond motifs is 1. The molecule has 0 spiro atoms. The lowest BCUT2D eigenvalue weighted by Crippen LogP contribution is -2.22. The van der Waals surface area contributed by atoms with Gasteiger partial charge < -0.3 is 19.8 Å². The Morgan fingerprint density at radius 3 is 2.75 bits per heavy atom. The summed E-state index contributed by atoms with van der Waals surface area (Å²) >= 11 is 0. The van der Waals surface area contributed by atoms with Gasteiger partial charge in [-0.25, -0.2) is 24.1 Å². The zero-order chi connectivity index (χ0) is 21.9. The van der Waals surface area contributed by atoms with Crippen LogP contribution in [-0.4, -0.2) is 49.9 Å². The molecule has 1 unspecified atom stereocenters. The van der Waals surface area contributed by atoms with Crippen LogP contribution in [0.2, 0.25) is 0 Å². The van der Waals surface area contributed by atoms with Crippen LogP contribution in [0.25, 0.3) is 17.0 Å². The molecule has 11 nitrogen and oxygen atoms in total. The molecule has 4 aromatic rings. The molecule has 0 radical (unpaired) electrons. The molecule has 1 fully saturated rings. The van der Waals surface area contributed by atoms with Gasteiger partial charge in [0.15, 0.2) is 0 Å². The van der Waals surface area contributed by atoms with Crippen LogP contribution in [0.15, 0.2) is 59.7 Å². The van der Waals surface area contributed by atoms with Crippen molar-refractivity contribution >= 4 is 34.4 Å². The van der Waals surface area contributed by atoms with Gasteiger partial charge in [-0.15, -0.1) is 0 Å². The molecule has 162 valence electrons. The number of H-pyrrole nitrogens is 1. The lowest BCUT2D eigenvalue weighted by Gasteiger charge is -2.11. The summed E-state index contributed by atoms with van der Waals surface area (Å²) in [5.41, 5.74) is 2.29. The van der Waals surface area contributed by atoms with E-state index in [1.54, 1.807) is 36.4 Å². The number of amides is 1. The second-order valence-electron chi connectivity index (χ2n) is 7.11. The number of para-hydroxylation sites is 2. The molecule has 5 rings (SSSR count). The van der Waals surface area contributed by atoms with Gasteiger partial charge in [0.2, 0.25) is 11.9 Å². The van der Waals surface area contributed by atoms with Crippen LogP contribution in [-0.2, 0) is 9.47 Å². The molecule has 1 atom stereocenters. The summed E-state index contributed by atoms with van der Waals surface area (Å²) in [6.45, 7) is 1.03. The Balaban J connectivity index is 1.29. The highest BCUT2D eigenvalue weighted by Gasteiger charge is 2.19. The van der Waals surface area contributed by atoms with Crippen molar-refractivity contribution in [2.45, 2.75) is 12.5 Å². The number of aromatic nitrogens is 5. The fourth-order valence-electron chi connectivity index (χ4n) is 3.38. The van der Waals surface area contributed by atoms with Crippen LogP contribution in [0.4, 0.5) is 22.1 Å². The van der Waals surface area contributed by atoms with Gasteiger partial charge in [-0.05, 0) is 36.4 Å². The third kappa shape index (κ3) is 4.14. The lowest BCUT2D eigenvalue weighted by molar-refractivity contribution is 0.0932. The monoisotopic (exact) mass is 433 g/mol. The van der Waals surface area contributed by atoms with Crippen molar-refractivity contribution in [2.24, 2.45) is 0 Å². The van der Waals surface area contributed by atoms with Gasteiger partial charge in [0.25, 0.3) is 0 Å². The minimum atomic E-state index is -0.521. The number of carbonyl (C=O) groups excluding carboxylic acids is 1. The maximum Gasteiger partial charge on any atom is 0.411 e. The summed E-state index contributed by atoms with van der Waals surface area (Å²) in [7, 11) is 0. The highest BCUT2D eigenvalue weighted by Crippen LogP contribution is 2.18. The van der Waals surface area contributed by atoms with E-state index in [0.717, 1.165) is 0 Å². The zero-order valence-corrected chi connectivity index (χ0v) is 16.8. The Morgan fingerprint density at radius 1 is 1.12 bits per heavy atom. The SMILES string of the molecule is O=C(Nc1ccc(Nc2ncnc(-n3c(=O)[nH]c4ccccc43)n2)cc1)OC1CCOC1. The molecular weight excluding hydrogens is 414 g/mol. The molecule has 2 aromatic heterocycles. The van der Waals surface area contributed by atoms with Gasteiger partial charge in [0.1, 0.15) is 12.4 Å². The number of hydrogen-bond acceptors (Lipinski definition) is 8. The Bertz CT molecular complexity index is 1310. The van der Waals surface area contributed by atoms with Crippen molar-refractivity contribution in [1.82, 2.24) is 24.5 Å². The number of benzene rings is 2. The van der Waals surface area contributed by atoms with Gasteiger partial charge in [0, 0.05) is 17.8 Å². The van der Waals surface area contributed by atoms with E-state index >= 15 is 0 Å². The second kappa shape index (κ2) is 8.47. The summed E-state index contributed by atoms with van der Waals surface area (Å²) in [5.74, 6) is 0.468. The lowest BCUT2D eigenvalue weighted by atomic mass is 10.3. The summed E-state index contributed by atoms with van der Waals surface area (Å²) in [4.78, 5) is 39.7. The van der Waals surface area contributed by atoms with E-state index in [1.165, 1.54) is 10.9 Å². The first-order valence-corrected chi connectivity index (χ1v) is 9.97. The van der Waals surface area contributed by atoms with Gasteiger partial charge in [0.05, 0.1) is 24.2 Å². The number of aromatic amines is 1. The zero-order valence-electron chi connectivity index (χ0n) is 16.8. The first-order valence-electron chi connectivity index (χ1n) is 9.97. The first-order chi connectivity index (χ1) is 15.7. The highest BCUT2D eigenvalue weighted by atomic mass is 16.6. The number of nitrogens with zero attached hydrogens (tertiary/aromatic N) is 4. The number of ether oxygens (including phenoxy) is 2. The molecule has 1 aliphatic heterocycles. The average Bonchev–Trinajstić information content (AvgIpc) is 3.42. The van der Waals surface area contributed by atoms with E-state index < -0.39 is 6.09 Å². The van der Waals surface area contributed by atoms with Gasteiger partial charge in [-0.3, -0.25) is 5.32 Å². The predicted octanol–water partition coefficient (Wildman–Crippen LogP) is 2.58. The molecular formula is C21H19N7O4. The quantitative estimate of drug-likeness (QED) is 0.437. The molecule has 1 aliphatic rings. The number of hydrogen-bond donors (Lipinski definition) is 3. The van der Waals surface area contributed by atoms with Crippen molar-refractivity contribution in [1.29, 1.82) is 0 Å². The Hall–Kier alpha value is -4.25. The first kappa shape index (κ1) is 19.7. The Kier molecular flexibility index (Phi) is 5.22. The summed E-state index contributed by atoms with van der Waals surface area (Å²) in [5, 5.41) is 5.75. The Labute approximate surface area is 181 Å². The fraction of sp³-hybridized carbons (Fsp3) is 0.190. The normalized spacial score (nSPS) is 15.6. The van der Waals surface area contributed by atoms with Crippen molar-refractivity contribution in [3.63, 3.8) is 0 Å². The maximum absolute atomic E-state index is 12.4. The van der Waals surface area contributed by atoms with E-state index in [4.69, 9.17) is 9.47 Å². The van der Waals surface area contributed by atoms with Crippen molar-refractivity contribution in [3.8, 4) is 5.95 Å². The molecule has 0 saturated carbocycles. The minimum absolute atomic E-state index is 0.196. The predicted molar refractivity (Wildman–Crippen MR) is 116 cm³/mol. The smallest absolute Gasteiger partial charge is 0.411 e. The van der Waals surface area contributed by atoms with Crippen molar-refractivity contribution < 1.29 is 14.3 Å². The topological polar surface area (TPSA) is 136 Å². The molecule has 32 heavy (non-hydrogen) atoms. The van der Waals surface area contributed by atoms with E-state index in [9.17, 15) is 9.59 Å². The summed E-state index contributed by atoms with van der Waals surface area (Å²) in [6, 6.07) is 14.2. The molecule has 1 saturated heterocycles. The van der Waals surface area contributed by atoms with Crippen molar-refractivity contribution in [2.75, 3.05) is 23.8 Å². The molecule has 1 amide bonds. The van der Waals surface area contributed by atoms with Crippen molar-refractivity contribution in [3.05, 3.63) is 65.3 Å². The second-order valence-corrected chi connectivity index (χ2v) is 7.11. The molecule has 2 aromatic carbocycles. The average molecular weight is 433 g/mol. The van der Waals surface area contributed by atoms with Crippen LogP contribution >= 0.6 is 0 Å². The molecule has 11 heteroatoms. The van der Waals surface area contributed by atoms with E-state index in [0.29, 0.717) is 42.0 Å². The molecule has 3 N–H and O–H groups in total. The Morgan fingerprint density at radius 2 is 1.94 bits per heavy atom. The minimum Gasteiger partial charge on any atom is -0.443 e. The molecule has 3 heterocycles. The number of imidazole rings is 1. The number of anilines is 3. The highest BCUT2D eigenvalue weighted by molar-refractivity contribution is 5.85. The van der Waals surface area contributed by atoms with Crippen LogP contribution in [0.1, 0.15) is 6.42 Å². The number of carbonyl (C=O) groups is 1. The summed E-state index contributed by atoms with van der Waals surface area (Å²) < 4.78 is 11.9. The van der Waals surface area contributed by atoms with E-state index in [1.807, 2.05) is 12.1 Å². The largest absolute Gasteiger partial charge is 0.443 e.